The Morgan fingerprint density at radius 3 is 2.05 bits per heavy atom. The van der Waals surface area contributed by atoms with Crippen LogP contribution < -0.4 is 0 Å². The molecule has 0 unspecified atom stereocenters. The van der Waals surface area contributed by atoms with Crippen molar-refractivity contribution in [3.05, 3.63) is 0 Å². The van der Waals surface area contributed by atoms with Crippen molar-refractivity contribution >= 4 is 0 Å². The fourth-order valence-corrected chi connectivity index (χ4v) is 1.73. The van der Waals surface area contributed by atoms with Crippen LogP contribution in [0, 0.1) is 0 Å². The molecule has 19 heavy (non-hydrogen) atoms. The molecule has 0 saturated carbocycles. The van der Waals surface area contributed by atoms with Gasteiger partial charge in [-0.05, 0) is 0 Å². The molecule has 0 radical (unpaired) electrons. The summed E-state index contributed by atoms with van der Waals surface area (Å²) in [6.45, 7) is -1.95. The van der Waals surface area contributed by atoms with Crippen molar-refractivity contribution < 1.29 is 45.2 Å². The van der Waals surface area contributed by atoms with Crippen LogP contribution in [-0.4, -0.2) is 98.5 Å². The van der Waals surface area contributed by atoms with E-state index in [-0.39, 0.29) is 0 Å². The number of rotatable bonds is 6. The molecular formula is C10H20O9. The summed E-state index contributed by atoms with van der Waals surface area (Å²) in [5, 5.41) is 64.7. The van der Waals surface area contributed by atoms with Gasteiger partial charge in [-0.1, -0.05) is 0 Å². The molecule has 7 N–H and O–H groups in total. The molecule has 1 heterocycles. The highest BCUT2D eigenvalue weighted by atomic mass is 16.7. The summed E-state index contributed by atoms with van der Waals surface area (Å²) in [4.78, 5) is 0. The Hall–Kier alpha value is -0.360. The highest BCUT2D eigenvalue weighted by Gasteiger charge is 2.45. The fraction of sp³-hybridized carbons (Fsp3) is 1.00. The summed E-state index contributed by atoms with van der Waals surface area (Å²) < 4.78 is 10.1. The molecular weight excluding hydrogens is 264 g/mol. The van der Waals surface area contributed by atoms with Gasteiger partial charge < -0.3 is 45.2 Å². The zero-order valence-corrected chi connectivity index (χ0v) is 10.1. The Bertz CT molecular complexity index is 261. The predicted octanol–water partition coefficient (Wildman–Crippen LogP) is -4.48. The van der Waals surface area contributed by atoms with Crippen LogP contribution in [0.5, 0.6) is 0 Å². The molecule has 7 atom stereocenters. The Kier molecular flexibility index (Phi) is 6.53. The molecule has 9 heteroatoms. The van der Waals surface area contributed by atoms with Gasteiger partial charge in [0.1, 0.15) is 36.6 Å². The highest BCUT2D eigenvalue weighted by molar-refractivity contribution is 4.89. The minimum atomic E-state index is -1.63. The van der Waals surface area contributed by atoms with E-state index in [0.29, 0.717) is 0 Å². The maximum absolute atomic E-state index is 9.65. The Morgan fingerprint density at radius 1 is 0.947 bits per heavy atom. The van der Waals surface area contributed by atoms with E-state index in [1.165, 1.54) is 0 Å². The molecule has 1 aliphatic heterocycles. The largest absolute Gasteiger partial charge is 0.394 e. The van der Waals surface area contributed by atoms with Gasteiger partial charge in [0, 0.05) is 0 Å². The van der Waals surface area contributed by atoms with Crippen LogP contribution in [0.3, 0.4) is 0 Å². The van der Waals surface area contributed by atoms with Gasteiger partial charge in [0.05, 0.1) is 19.8 Å². The lowest BCUT2D eigenvalue weighted by Gasteiger charge is -2.41. The van der Waals surface area contributed by atoms with Gasteiger partial charge in [-0.25, -0.2) is 0 Å². The van der Waals surface area contributed by atoms with Crippen LogP contribution in [0.1, 0.15) is 0 Å². The standard InChI is InChI=1S/C10H20O9/c11-1-4(14)5(2-12)18-10-9(17)8(16)7(15)6(3-13)19-10/h4-17H,1-3H2/t4-,5+,6-,7-,8+,9-,10+/m1/s1. The van der Waals surface area contributed by atoms with Gasteiger partial charge in [-0.15, -0.1) is 0 Å². The normalized spacial score (nSPS) is 39.0. The quantitative estimate of drug-likeness (QED) is 0.255. The van der Waals surface area contributed by atoms with E-state index in [1.54, 1.807) is 0 Å². The smallest absolute Gasteiger partial charge is 0.187 e. The molecule has 0 aromatic heterocycles. The highest BCUT2D eigenvalue weighted by Crippen LogP contribution is 2.23. The monoisotopic (exact) mass is 284 g/mol. The van der Waals surface area contributed by atoms with E-state index in [1.807, 2.05) is 0 Å². The molecule has 0 bridgehead atoms. The Labute approximate surface area is 109 Å². The third kappa shape index (κ3) is 3.81. The molecule has 0 aromatic carbocycles. The van der Waals surface area contributed by atoms with Crippen molar-refractivity contribution in [2.24, 2.45) is 0 Å². The number of aliphatic hydroxyl groups is 7. The van der Waals surface area contributed by atoms with Gasteiger partial charge in [-0.3, -0.25) is 0 Å². The van der Waals surface area contributed by atoms with E-state index in [9.17, 15) is 20.4 Å². The third-order valence-corrected chi connectivity index (χ3v) is 2.95. The van der Waals surface area contributed by atoms with Crippen molar-refractivity contribution in [3.8, 4) is 0 Å². The first kappa shape index (κ1) is 16.7. The predicted molar refractivity (Wildman–Crippen MR) is 58.8 cm³/mol. The molecule has 0 amide bonds. The van der Waals surface area contributed by atoms with Crippen LogP contribution in [0.25, 0.3) is 0 Å². The third-order valence-electron chi connectivity index (χ3n) is 2.95. The van der Waals surface area contributed by atoms with Crippen molar-refractivity contribution in [3.63, 3.8) is 0 Å². The summed E-state index contributed by atoms with van der Waals surface area (Å²) >= 11 is 0. The zero-order valence-electron chi connectivity index (χ0n) is 10.1. The van der Waals surface area contributed by atoms with Crippen molar-refractivity contribution in [1.82, 2.24) is 0 Å². The van der Waals surface area contributed by atoms with E-state index in [4.69, 9.17) is 24.8 Å². The van der Waals surface area contributed by atoms with Crippen LogP contribution in [0.15, 0.2) is 0 Å². The summed E-state index contributed by atoms with van der Waals surface area (Å²) in [6, 6.07) is 0. The van der Waals surface area contributed by atoms with E-state index in [2.05, 4.69) is 0 Å². The van der Waals surface area contributed by atoms with Crippen molar-refractivity contribution in [2.75, 3.05) is 19.8 Å². The first-order chi connectivity index (χ1) is 8.96. The van der Waals surface area contributed by atoms with E-state index < -0.39 is 62.7 Å². The van der Waals surface area contributed by atoms with E-state index >= 15 is 0 Å². The summed E-state index contributed by atoms with van der Waals surface area (Å²) in [5.41, 5.74) is 0. The number of ether oxygens (including phenoxy) is 2. The fourth-order valence-electron chi connectivity index (χ4n) is 1.73. The van der Waals surface area contributed by atoms with Crippen molar-refractivity contribution in [2.45, 2.75) is 42.9 Å². The topological polar surface area (TPSA) is 160 Å². The lowest BCUT2D eigenvalue weighted by Crippen LogP contribution is -2.60. The average Bonchev–Trinajstić information content (AvgIpc) is 2.43. The molecule has 0 spiro atoms. The van der Waals surface area contributed by atoms with Crippen LogP contribution >= 0.6 is 0 Å². The van der Waals surface area contributed by atoms with Crippen LogP contribution in [0.4, 0.5) is 0 Å². The molecule has 9 nitrogen and oxygen atoms in total. The Balaban J connectivity index is 2.70. The van der Waals surface area contributed by atoms with Crippen LogP contribution in [-0.2, 0) is 9.47 Å². The van der Waals surface area contributed by atoms with Crippen LogP contribution in [0.2, 0.25) is 0 Å². The molecule has 0 aromatic rings. The first-order valence-electron chi connectivity index (χ1n) is 5.82. The number of aliphatic hydroxyl groups excluding tert-OH is 7. The lowest BCUT2D eigenvalue weighted by molar-refractivity contribution is -0.319. The zero-order chi connectivity index (χ0) is 14.6. The molecule has 1 saturated heterocycles. The Morgan fingerprint density at radius 2 is 1.58 bits per heavy atom. The summed E-state index contributed by atoms with van der Waals surface area (Å²) in [6.07, 6.45) is -10.0. The first-order valence-corrected chi connectivity index (χ1v) is 5.82. The molecule has 1 rings (SSSR count). The maximum atomic E-state index is 9.65. The molecule has 1 aliphatic rings. The van der Waals surface area contributed by atoms with E-state index in [0.717, 1.165) is 0 Å². The second-order valence-corrected chi connectivity index (χ2v) is 4.30. The minimum Gasteiger partial charge on any atom is -0.394 e. The van der Waals surface area contributed by atoms with Gasteiger partial charge in [0.2, 0.25) is 0 Å². The molecule has 0 aliphatic carbocycles. The lowest BCUT2D eigenvalue weighted by atomic mass is 9.99. The number of hydrogen-bond donors (Lipinski definition) is 7. The van der Waals surface area contributed by atoms with Gasteiger partial charge in [-0.2, -0.15) is 0 Å². The SMILES string of the molecule is OC[C@@H](O)[C@H](CO)O[C@H]1O[C@H](CO)[C@@H](O)[C@H](O)[C@H]1O. The van der Waals surface area contributed by atoms with Gasteiger partial charge in [0.15, 0.2) is 6.29 Å². The summed E-state index contributed by atoms with van der Waals surface area (Å²) in [5.74, 6) is 0. The van der Waals surface area contributed by atoms with Gasteiger partial charge >= 0.3 is 0 Å². The molecule has 114 valence electrons. The number of hydrogen-bond acceptors (Lipinski definition) is 9. The molecule has 1 fully saturated rings. The maximum Gasteiger partial charge on any atom is 0.187 e. The van der Waals surface area contributed by atoms with Crippen molar-refractivity contribution in [1.29, 1.82) is 0 Å². The van der Waals surface area contributed by atoms with Gasteiger partial charge in [0.25, 0.3) is 0 Å². The summed E-state index contributed by atoms with van der Waals surface area (Å²) in [7, 11) is 0. The second-order valence-electron chi connectivity index (χ2n) is 4.30. The average molecular weight is 284 g/mol. The second kappa shape index (κ2) is 7.43. The minimum absolute atomic E-state index is 0.614.